The fourth-order valence-electron chi connectivity index (χ4n) is 2.34. The number of guanidine groups is 1. The van der Waals surface area contributed by atoms with Crippen LogP contribution in [-0.4, -0.2) is 77.6 Å². The summed E-state index contributed by atoms with van der Waals surface area (Å²) in [7, 11) is 5.24. The van der Waals surface area contributed by atoms with E-state index in [0.717, 1.165) is 32.2 Å². The third-order valence-corrected chi connectivity index (χ3v) is 3.41. The van der Waals surface area contributed by atoms with E-state index in [1.807, 2.05) is 0 Å². The smallest absolute Gasteiger partial charge is 0.191 e. The molecular formula is C13H29IN4O2. The Labute approximate surface area is 139 Å². The normalized spacial score (nSPS) is 19.8. The van der Waals surface area contributed by atoms with E-state index in [4.69, 9.17) is 9.47 Å². The van der Waals surface area contributed by atoms with Gasteiger partial charge in [0.1, 0.15) is 0 Å². The summed E-state index contributed by atoms with van der Waals surface area (Å²) >= 11 is 0. The summed E-state index contributed by atoms with van der Waals surface area (Å²) < 4.78 is 10.2. The molecule has 0 aliphatic carbocycles. The summed E-state index contributed by atoms with van der Waals surface area (Å²) in [6, 6.07) is 0.580. The molecule has 1 saturated heterocycles. The van der Waals surface area contributed by atoms with E-state index in [1.54, 1.807) is 21.3 Å². The van der Waals surface area contributed by atoms with E-state index >= 15 is 0 Å². The molecule has 0 aromatic rings. The van der Waals surface area contributed by atoms with E-state index in [2.05, 4.69) is 20.5 Å². The molecule has 1 unspecified atom stereocenters. The summed E-state index contributed by atoms with van der Waals surface area (Å²) in [6.45, 7) is 5.37. The fraction of sp³-hybridized carbons (Fsp3) is 0.923. The van der Waals surface area contributed by atoms with Crippen LogP contribution in [0, 0.1) is 0 Å². The van der Waals surface area contributed by atoms with Crippen LogP contribution in [-0.2, 0) is 9.47 Å². The molecule has 0 spiro atoms. The number of hydrogen-bond donors (Lipinski definition) is 2. The summed E-state index contributed by atoms with van der Waals surface area (Å²) in [4.78, 5) is 6.69. The molecule has 1 aliphatic rings. The second-order valence-corrected chi connectivity index (χ2v) is 4.70. The molecule has 2 N–H and O–H groups in total. The summed E-state index contributed by atoms with van der Waals surface area (Å²) in [5, 5.41) is 6.60. The standard InChI is InChI=1S/C13H28N4O2.HI/c1-14-13(15-6-9-18-2)16-11-12-5-4-7-17(12)8-10-19-3;/h12H,4-11H2,1-3H3,(H2,14,15,16);1H. The minimum absolute atomic E-state index is 0. The van der Waals surface area contributed by atoms with Crippen LogP contribution in [0.1, 0.15) is 12.8 Å². The topological polar surface area (TPSA) is 58.1 Å². The van der Waals surface area contributed by atoms with E-state index in [9.17, 15) is 0 Å². The molecular weight excluding hydrogens is 371 g/mol. The number of ether oxygens (including phenoxy) is 2. The first-order chi connectivity index (χ1) is 9.31. The molecule has 0 radical (unpaired) electrons. The number of nitrogens with one attached hydrogen (secondary N) is 2. The first-order valence-electron chi connectivity index (χ1n) is 6.98. The van der Waals surface area contributed by atoms with Gasteiger partial charge < -0.3 is 20.1 Å². The molecule has 0 aromatic heterocycles. The maximum Gasteiger partial charge on any atom is 0.191 e. The van der Waals surface area contributed by atoms with Crippen LogP contribution in [0.3, 0.4) is 0 Å². The average Bonchev–Trinajstić information content (AvgIpc) is 2.88. The highest BCUT2D eigenvalue weighted by atomic mass is 127. The van der Waals surface area contributed by atoms with Gasteiger partial charge in [0.25, 0.3) is 0 Å². The van der Waals surface area contributed by atoms with Gasteiger partial charge in [-0.15, -0.1) is 24.0 Å². The van der Waals surface area contributed by atoms with Crippen molar-refractivity contribution >= 4 is 29.9 Å². The fourth-order valence-corrected chi connectivity index (χ4v) is 2.34. The second-order valence-electron chi connectivity index (χ2n) is 4.70. The van der Waals surface area contributed by atoms with Crippen molar-refractivity contribution in [3.63, 3.8) is 0 Å². The molecule has 0 saturated carbocycles. The lowest BCUT2D eigenvalue weighted by Crippen LogP contribution is -2.46. The number of likely N-dealkylation sites (tertiary alicyclic amines) is 1. The number of hydrogen-bond acceptors (Lipinski definition) is 4. The highest BCUT2D eigenvalue weighted by molar-refractivity contribution is 14.0. The quantitative estimate of drug-likeness (QED) is 0.270. The summed E-state index contributed by atoms with van der Waals surface area (Å²) in [6.07, 6.45) is 2.51. The second kappa shape index (κ2) is 12.6. The molecule has 1 fully saturated rings. The summed E-state index contributed by atoms with van der Waals surface area (Å²) in [5.74, 6) is 0.843. The molecule has 1 atom stereocenters. The molecule has 1 aliphatic heterocycles. The lowest BCUT2D eigenvalue weighted by atomic mass is 10.2. The zero-order chi connectivity index (χ0) is 13.9. The predicted octanol–water partition coefficient (Wildman–Crippen LogP) is 0.527. The van der Waals surface area contributed by atoms with Crippen LogP contribution in [0.4, 0.5) is 0 Å². The lowest BCUT2D eigenvalue weighted by molar-refractivity contribution is 0.141. The van der Waals surface area contributed by atoms with Gasteiger partial charge in [-0.25, -0.2) is 0 Å². The van der Waals surface area contributed by atoms with Crippen molar-refractivity contribution in [2.24, 2.45) is 4.99 Å². The van der Waals surface area contributed by atoms with E-state index in [0.29, 0.717) is 12.6 Å². The Hall–Kier alpha value is -0.120. The Morgan fingerprint density at radius 3 is 2.65 bits per heavy atom. The molecule has 20 heavy (non-hydrogen) atoms. The van der Waals surface area contributed by atoms with Crippen LogP contribution >= 0.6 is 24.0 Å². The van der Waals surface area contributed by atoms with Gasteiger partial charge in [-0.2, -0.15) is 0 Å². The lowest BCUT2D eigenvalue weighted by Gasteiger charge is -2.25. The van der Waals surface area contributed by atoms with Crippen molar-refractivity contribution in [1.29, 1.82) is 0 Å². The number of methoxy groups -OCH3 is 2. The van der Waals surface area contributed by atoms with Gasteiger partial charge in [0.2, 0.25) is 0 Å². The van der Waals surface area contributed by atoms with Gasteiger partial charge >= 0.3 is 0 Å². The predicted molar refractivity (Wildman–Crippen MR) is 93.1 cm³/mol. The SMILES string of the molecule is CN=C(NCCOC)NCC1CCCN1CCOC.I. The van der Waals surface area contributed by atoms with Crippen LogP contribution in [0.25, 0.3) is 0 Å². The third-order valence-electron chi connectivity index (χ3n) is 3.41. The Bertz CT molecular complexity index is 267. The Kier molecular flexibility index (Phi) is 12.5. The number of nitrogens with zero attached hydrogens (tertiary/aromatic N) is 2. The molecule has 1 heterocycles. The van der Waals surface area contributed by atoms with E-state index in [1.165, 1.54) is 19.4 Å². The van der Waals surface area contributed by atoms with Gasteiger partial charge in [0, 0.05) is 46.9 Å². The maximum absolute atomic E-state index is 5.15. The van der Waals surface area contributed by atoms with Gasteiger partial charge in [-0.1, -0.05) is 0 Å². The molecule has 1 rings (SSSR count). The zero-order valence-electron chi connectivity index (χ0n) is 12.9. The molecule has 0 amide bonds. The van der Waals surface area contributed by atoms with Crippen molar-refractivity contribution in [3.05, 3.63) is 0 Å². The number of rotatable bonds is 8. The molecule has 0 aromatic carbocycles. The van der Waals surface area contributed by atoms with Crippen molar-refractivity contribution in [2.75, 3.05) is 60.7 Å². The Balaban J connectivity index is 0.00000361. The number of aliphatic imine (C=N–C) groups is 1. The van der Waals surface area contributed by atoms with E-state index < -0.39 is 0 Å². The minimum atomic E-state index is 0. The molecule has 0 bridgehead atoms. The molecule has 6 nitrogen and oxygen atoms in total. The zero-order valence-corrected chi connectivity index (χ0v) is 15.2. The van der Waals surface area contributed by atoms with Crippen molar-refractivity contribution in [1.82, 2.24) is 15.5 Å². The summed E-state index contributed by atoms with van der Waals surface area (Å²) in [5.41, 5.74) is 0. The third kappa shape index (κ3) is 7.61. The first kappa shape index (κ1) is 19.9. The highest BCUT2D eigenvalue weighted by Crippen LogP contribution is 2.15. The number of halogens is 1. The van der Waals surface area contributed by atoms with Gasteiger partial charge in [-0.05, 0) is 19.4 Å². The van der Waals surface area contributed by atoms with Gasteiger partial charge in [0.05, 0.1) is 13.2 Å². The van der Waals surface area contributed by atoms with Crippen molar-refractivity contribution in [2.45, 2.75) is 18.9 Å². The maximum atomic E-state index is 5.15. The molecule has 120 valence electrons. The average molecular weight is 400 g/mol. The first-order valence-corrected chi connectivity index (χ1v) is 6.98. The highest BCUT2D eigenvalue weighted by Gasteiger charge is 2.23. The van der Waals surface area contributed by atoms with Gasteiger partial charge in [0.15, 0.2) is 5.96 Å². The van der Waals surface area contributed by atoms with Gasteiger partial charge in [-0.3, -0.25) is 9.89 Å². The van der Waals surface area contributed by atoms with Crippen LogP contribution in [0.2, 0.25) is 0 Å². The molecule has 7 heteroatoms. The van der Waals surface area contributed by atoms with Crippen LogP contribution < -0.4 is 10.6 Å². The van der Waals surface area contributed by atoms with Crippen molar-refractivity contribution in [3.8, 4) is 0 Å². The Morgan fingerprint density at radius 1 is 1.25 bits per heavy atom. The van der Waals surface area contributed by atoms with Crippen LogP contribution in [0.15, 0.2) is 4.99 Å². The minimum Gasteiger partial charge on any atom is -0.383 e. The van der Waals surface area contributed by atoms with E-state index in [-0.39, 0.29) is 24.0 Å². The monoisotopic (exact) mass is 400 g/mol. The Morgan fingerprint density at radius 2 is 2.00 bits per heavy atom. The largest absolute Gasteiger partial charge is 0.383 e. The van der Waals surface area contributed by atoms with Crippen molar-refractivity contribution < 1.29 is 9.47 Å². The van der Waals surface area contributed by atoms with Crippen LogP contribution in [0.5, 0.6) is 0 Å².